The molecule has 0 saturated carbocycles. The zero-order valence-electron chi connectivity index (χ0n) is 11.5. The van der Waals surface area contributed by atoms with Gasteiger partial charge in [-0.25, -0.2) is 20.6 Å². The molecule has 0 aliphatic heterocycles. The lowest BCUT2D eigenvalue weighted by Crippen LogP contribution is -2.37. The molecule has 118 valence electrons. The molecule has 0 aromatic carbocycles. The SMILES string of the molecule is CN(C)C(=O)NCCNc1cc(NN)nc(C(F)(F)F)n1. The van der Waals surface area contributed by atoms with Gasteiger partial charge in [0.1, 0.15) is 11.6 Å². The Morgan fingerprint density at radius 2 is 1.90 bits per heavy atom. The van der Waals surface area contributed by atoms with Crippen LogP contribution in [0.5, 0.6) is 0 Å². The zero-order valence-corrected chi connectivity index (χ0v) is 11.5. The Labute approximate surface area is 118 Å². The number of alkyl halides is 3. The zero-order chi connectivity index (χ0) is 16.0. The summed E-state index contributed by atoms with van der Waals surface area (Å²) in [7, 11) is 3.14. The number of nitrogen functional groups attached to an aromatic ring is 1. The second-order valence-electron chi connectivity index (χ2n) is 4.16. The van der Waals surface area contributed by atoms with Crippen LogP contribution in [0.3, 0.4) is 0 Å². The molecule has 0 saturated heterocycles. The van der Waals surface area contributed by atoms with Gasteiger partial charge in [-0.2, -0.15) is 13.2 Å². The van der Waals surface area contributed by atoms with E-state index >= 15 is 0 Å². The van der Waals surface area contributed by atoms with E-state index in [1.165, 1.54) is 11.0 Å². The summed E-state index contributed by atoms with van der Waals surface area (Å²) in [6.07, 6.45) is -4.68. The monoisotopic (exact) mass is 307 g/mol. The van der Waals surface area contributed by atoms with Gasteiger partial charge in [0.15, 0.2) is 0 Å². The van der Waals surface area contributed by atoms with Crippen LogP contribution in [-0.4, -0.2) is 48.1 Å². The lowest BCUT2D eigenvalue weighted by atomic mass is 10.4. The first-order valence-electron chi connectivity index (χ1n) is 5.86. The van der Waals surface area contributed by atoms with E-state index in [1.807, 2.05) is 5.43 Å². The third-order valence-electron chi connectivity index (χ3n) is 2.24. The minimum atomic E-state index is -4.68. The highest BCUT2D eigenvalue weighted by atomic mass is 19.4. The lowest BCUT2D eigenvalue weighted by Gasteiger charge is -2.13. The summed E-state index contributed by atoms with van der Waals surface area (Å²) < 4.78 is 37.8. The molecule has 11 heteroatoms. The largest absolute Gasteiger partial charge is 0.451 e. The normalized spacial score (nSPS) is 11.0. The molecule has 21 heavy (non-hydrogen) atoms. The van der Waals surface area contributed by atoms with E-state index < -0.39 is 12.0 Å². The second kappa shape index (κ2) is 6.92. The van der Waals surface area contributed by atoms with Crippen molar-refractivity contribution >= 4 is 17.7 Å². The van der Waals surface area contributed by atoms with Crippen molar-refractivity contribution in [3.05, 3.63) is 11.9 Å². The molecule has 1 aromatic rings. The van der Waals surface area contributed by atoms with Crippen LogP contribution in [0, 0.1) is 0 Å². The Bertz CT molecular complexity index is 492. The predicted octanol–water partition coefficient (Wildman–Crippen LogP) is 0.464. The maximum atomic E-state index is 12.6. The summed E-state index contributed by atoms with van der Waals surface area (Å²) in [4.78, 5) is 19.1. The number of carbonyl (C=O) groups is 1. The Balaban J connectivity index is 2.64. The summed E-state index contributed by atoms with van der Waals surface area (Å²) in [6.45, 7) is 0.408. The summed E-state index contributed by atoms with van der Waals surface area (Å²) in [5.41, 5.74) is 2.04. The van der Waals surface area contributed by atoms with Crippen molar-refractivity contribution in [2.24, 2.45) is 5.84 Å². The molecule has 2 amide bonds. The van der Waals surface area contributed by atoms with E-state index in [-0.39, 0.29) is 30.8 Å². The maximum absolute atomic E-state index is 12.6. The van der Waals surface area contributed by atoms with Gasteiger partial charge in [0.2, 0.25) is 5.82 Å². The van der Waals surface area contributed by atoms with Crippen molar-refractivity contribution in [1.82, 2.24) is 20.2 Å². The van der Waals surface area contributed by atoms with E-state index in [4.69, 9.17) is 5.84 Å². The van der Waals surface area contributed by atoms with E-state index in [9.17, 15) is 18.0 Å². The van der Waals surface area contributed by atoms with Crippen molar-refractivity contribution < 1.29 is 18.0 Å². The van der Waals surface area contributed by atoms with Crippen LogP contribution < -0.4 is 21.9 Å². The van der Waals surface area contributed by atoms with E-state index in [0.29, 0.717) is 0 Å². The second-order valence-corrected chi connectivity index (χ2v) is 4.16. The highest BCUT2D eigenvalue weighted by Gasteiger charge is 2.35. The molecule has 0 unspecified atom stereocenters. The molecule has 0 aliphatic carbocycles. The van der Waals surface area contributed by atoms with E-state index in [0.717, 1.165) is 0 Å². The van der Waals surface area contributed by atoms with Crippen LogP contribution in [0.4, 0.5) is 29.6 Å². The van der Waals surface area contributed by atoms with Gasteiger partial charge in [0.25, 0.3) is 0 Å². The standard InChI is InChI=1S/C10H16F3N7O/c1-20(2)9(21)16-4-3-15-6-5-7(19-14)18-8(17-6)10(11,12)13/h5H,3-4,14H2,1-2H3,(H,16,21)(H2,15,17,18,19). The predicted molar refractivity (Wildman–Crippen MR) is 70.4 cm³/mol. The number of halogens is 3. The number of nitrogens with two attached hydrogens (primary N) is 1. The number of hydrogen-bond donors (Lipinski definition) is 4. The number of hydrazine groups is 1. The first-order valence-corrected chi connectivity index (χ1v) is 5.86. The smallest absolute Gasteiger partial charge is 0.368 e. The summed E-state index contributed by atoms with van der Waals surface area (Å²) >= 11 is 0. The van der Waals surface area contributed by atoms with Crippen molar-refractivity contribution in [3.8, 4) is 0 Å². The van der Waals surface area contributed by atoms with Crippen LogP contribution in [-0.2, 0) is 6.18 Å². The molecule has 1 aromatic heterocycles. The van der Waals surface area contributed by atoms with Gasteiger partial charge >= 0.3 is 12.2 Å². The van der Waals surface area contributed by atoms with Crippen molar-refractivity contribution in [2.45, 2.75) is 6.18 Å². The molecular weight excluding hydrogens is 291 g/mol. The van der Waals surface area contributed by atoms with Crippen LogP contribution in [0.2, 0.25) is 0 Å². The fourth-order valence-corrected chi connectivity index (χ4v) is 1.26. The van der Waals surface area contributed by atoms with Crippen LogP contribution in [0.1, 0.15) is 5.82 Å². The third kappa shape index (κ3) is 5.30. The summed E-state index contributed by atoms with van der Waals surface area (Å²) in [5, 5.41) is 5.19. The molecule has 0 atom stereocenters. The van der Waals surface area contributed by atoms with Crippen LogP contribution in [0.15, 0.2) is 6.07 Å². The van der Waals surface area contributed by atoms with E-state index in [2.05, 4.69) is 20.6 Å². The van der Waals surface area contributed by atoms with Gasteiger partial charge in [0.05, 0.1) is 0 Å². The average Bonchev–Trinajstić information content (AvgIpc) is 2.41. The number of rotatable bonds is 5. The number of carbonyl (C=O) groups excluding carboxylic acids is 1. The minimum Gasteiger partial charge on any atom is -0.368 e. The van der Waals surface area contributed by atoms with Crippen molar-refractivity contribution in [1.29, 1.82) is 0 Å². The number of hydrogen-bond acceptors (Lipinski definition) is 6. The Morgan fingerprint density at radius 3 is 2.43 bits per heavy atom. The third-order valence-corrected chi connectivity index (χ3v) is 2.24. The van der Waals surface area contributed by atoms with Gasteiger partial charge in [-0.1, -0.05) is 0 Å². The molecule has 1 rings (SSSR count). The van der Waals surface area contributed by atoms with Gasteiger partial charge in [-0.05, 0) is 0 Å². The molecule has 1 heterocycles. The Morgan fingerprint density at radius 1 is 1.29 bits per heavy atom. The number of amides is 2. The Hall–Kier alpha value is -2.30. The Kier molecular flexibility index (Phi) is 5.52. The quantitative estimate of drug-likeness (QED) is 0.358. The first kappa shape index (κ1) is 16.8. The average molecular weight is 307 g/mol. The molecule has 0 aliphatic rings. The molecule has 0 bridgehead atoms. The summed E-state index contributed by atoms with van der Waals surface area (Å²) in [6, 6.07) is 0.919. The first-order chi connectivity index (χ1) is 9.74. The fourth-order valence-electron chi connectivity index (χ4n) is 1.26. The highest BCUT2D eigenvalue weighted by molar-refractivity contribution is 5.73. The molecular formula is C10H16F3N7O. The van der Waals surface area contributed by atoms with E-state index in [1.54, 1.807) is 14.1 Å². The minimum absolute atomic E-state index is 0.0515. The van der Waals surface area contributed by atoms with Crippen molar-refractivity contribution in [2.75, 3.05) is 37.9 Å². The number of anilines is 2. The maximum Gasteiger partial charge on any atom is 0.451 e. The number of nitrogens with zero attached hydrogens (tertiary/aromatic N) is 3. The van der Waals surface area contributed by atoms with Gasteiger partial charge in [0, 0.05) is 33.3 Å². The molecule has 0 fully saturated rings. The summed E-state index contributed by atoms with van der Waals surface area (Å²) in [5.74, 6) is 3.53. The van der Waals surface area contributed by atoms with Crippen molar-refractivity contribution in [3.63, 3.8) is 0 Å². The lowest BCUT2D eigenvalue weighted by molar-refractivity contribution is -0.144. The van der Waals surface area contributed by atoms with Gasteiger partial charge in [-0.15, -0.1) is 0 Å². The van der Waals surface area contributed by atoms with Gasteiger partial charge in [-0.3, -0.25) is 0 Å². The molecule has 0 spiro atoms. The fraction of sp³-hybridized carbons (Fsp3) is 0.500. The van der Waals surface area contributed by atoms with Crippen LogP contribution in [0.25, 0.3) is 0 Å². The van der Waals surface area contributed by atoms with Crippen LogP contribution >= 0.6 is 0 Å². The topological polar surface area (TPSA) is 108 Å². The van der Waals surface area contributed by atoms with Gasteiger partial charge < -0.3 is 21.0 Å². The molecule has 5 N–H and O–H groups in total. The number of urea groups is 1. The number of nitrogens with one attached hydrogen (secondary N) is 3. The number of aromatic nitrogens is 2. The molecule has 0 radical (unpaired) electrons. The highest BCUT2D eigenvalue weighted by Crippen LogP contribution is 2.27. The molecule has 8 nitrogen and oxygen atoms in total.